The van der Waals surface area contributed by atoms with Crippen molar-refractivity contribution in [3.05, 3.63) is 39.8 Å². The number of anilines is 1. The third-order valence-electron chi connectivity index (χ3n) is 4.43. The van der Waals surface area contributed by atoms with E-state index in [2.05, 4.69) is 10.2 Å². The molecule has 148 valence electrons. The number of hydrogen-bond acceptors (Lipinski definition) is 7. The molecule has 3 aromatic rings. The summed E-state index contributed by atoms with van der Waals surface area (Å²) in [5.74, 6) is -0.872. The summed E-state index contributed by atoms with van der Waals surface area (Å²) in [5.41, 5.74) is 0.940. The molecular weight excluding hydrogens is 399 g/mol. The number of hydrogen-bond donors (Lipinski definition) is 0. The molecule has 1 aromatic carbocycles. The normalized spacial score (nSPS) is 15.4. The summed E-state index contributed by atoms with van der Waals surface area (Å²) in [5, 5.41) is 5.96. The number of nitrogens with zero attached hydrogens (tertiary/aromatic N) is 5. The van der Waals surface area contributed by atoms with E-state index in [1.165, 1.54) is 4.57 Å². The minimum absolute atomic E-state index is 0.160. The number of benzene rings is 1. The number of oxazole rings is 1. The predicted octanol–water partition coefficient (Wildman–Crippen LogP) is 1.81. The Balaban J connectivity index is 1.41. The van der Waals surface area contributed by atoms with E-state index in [1.807, 2.05) is 0 Å². The number of para-hydroxylation sites is 2. The summed E-state index contributed by atoms with van der Waals surface area (Å²) in [7, 11) is 0. The van der Waals surface area contributed by atoms with Crippen molar-refractivity contribution < 1.29 is 22.4 Å². The van der Waals surface area contributed by atoms with Gasteiger partial charge in [-0.25, -0.2) is 4.79 Å². The van der Waals surface area contributed by atoms with Crippen LogP contribution in [-0.4, -0.2) is 51.8 Å². The maximum absolute atomic E-state index is 12.7. The number of carbonyl (C=O) groups excluding carboxylic acids is 1. The highest BCUT2D eigenvalue weighted by atomic mass is 32.1. The summed E-state index contributed by atoms with van der Waals surface area (Å²) in [6.45, 7) is 1.13. The van der Waals surface area contributed by atoms with Gasteiger partial charge in [-0.2, -0.15) is 13.2 Å². The molecule has 0 unspecified atom stereocenters. The second-order valence-corrected chi connectivity index (χ2v) is 7.13. The monoisotopic (exact) mass is 413 g/mol. The fourth-order valence-corrected chi connectivity index (χ4v) is 3.77. The highest BCUT2D eigenvalue weighted by molar-refractivity contribution is 7.15. The van der Waals surface area contributed by atoms with Gasteiger partial charge in [0.1, 0.15) is 6.54 Å². The van der Waals surface area contributed by atoms with Crippen LogP contribution in [0.5, 0.6) is 0 Å². The second-order valence-electron chi connectivity index (χ2n) is 6.18. The standard InChI is InChI=1S/C16H14F3N5O3S/c17-16(18,19)13-20-21-14(28-13)23-7-5-22(6-8-23)12(25)9-24-10-3-1-2-4-11(10)27-15(24)26/h1-4H,5-9H2. The van der Waals surface area contributed by atoms with Crippen LogP contribution < -0.4 is 10.7 Å². The van der Waals surface area contributed by atoms with E-state index >= 15 is 0 Å². The Morgan fingerprint density at radius 3 is 2.54 bits per heavy atom. The van der Waals surface area contributed by atoms with Crippen LogP contribution >= 0.6 is 11.3 Å². The Kier molecular flexibility index (Phi) is 4.57. The van der Waals surface area contributed by atoms with Gasteiger partial charge in [0.2, 0.25) is 16.0 Å². The van der Waals surface area contributed by atoms with Gasteiger partial charge >= 0.3 is 11.9 Å². The first-order valence-corrected chi connectivity index (χ1v) is 9.16. The molecule has 0 spiro atoms. The maximum Gasteiger partial charge on any atom is 0.445 e. The van der Waals surface area contributed by atoms with Crippen LogP contribution in [0.1, 0.15) is 5.01 Å². The van der Waals surface area contributed by atoms with Gasteiger partial charge in [-0.05, 0) is 12.1 Å². The van der Waals surface area contributed by atoms with Gasteiger partial charge in [-0.15, -0.1) is 10.2 Å². The van der Waals surface area contributed by atoms with Crippen molar-refractivity contribution in [2.75, 3.05) is 31.1 Å². The Morgan fingerprint density at radius 2 is 1.86 bits per heavy atom. The minimum Gasteiger partial charge on any atom is -0.408 e. The molecule has 2 aromatic heterocycles. The summed E-state index contributed by atoms with van der Waals surface area (Å²) in [6.07, 6.45) is -4.52. The molecule has 1 saturated heterocycles. The molecule has 4 rings (SSSR count). The molecule has 0 radical (unpaired) electrons. The molecule has 0 N–H and O–H groups in total. The highest BCUT2D eigenvalue weighted by Crippen LogP contribution is 2.34. The largest absolute Gasteiger partial charge is 0.445 e. The van der Waals surface area contributed by atoms with Gasteiger partial charge in [0, 0.05) is 26.2 Å². The fourth-order valence-electron chi connectivity index (χ4n) is 3.00. The summed E-state index contributed by atoms with van der Waals surface area (Å²) < 4.78 is 44.4. The molecule has 0 aliphatic carbocycles. The molecule has 0 bridgehead atoms. The van der Waals surface area contributed by atoms with Crippen molar-refractivity contribution in [3.63, 3.8) is 0 Å². The average molecular weight is 413 g/mol. The Morgan fingerprint density at radius 1 is 1.14 bits per heavy atom. The number of alkyl halides is 3. The van der Waals surface area contributed by atoms with E-state index in [1.54, 1.807) is 34.1 Å². The van der Waals surface area contributed by atoms with Gasteiger partial charge in [0.25, 0.3) is 0 Å². The van der Waals surface area contributed by atoms with Crippen LogP contribution in [0.4, 0.5) is 18.3 Å². The molecule has 28 heavy (non-hydrogen) atoms. The van der Waals surface area contributed by atoms with E-state index < -0.39 is 16.9 Å². The molecule has 1 amide bonds. The second kappa shape index (κ2) is 6.93. The number of aromatic nitrogens is 3. The topological polar surface area (TPSA) is 84.5 Å². The molecule has 0 atom stereocenters. The lowest BCUT2D eigenvalue weighted by Crippen LogP contribution is -2.50. The lowest BCUT2D eigenvalue weighted by atomic mass is 10.3. The van der Waals surface area contributed by atoms with Gasteiger partial charge in [-0.3, -0.25) is 9.36 Å². The van der Waals surface area contributed by atoms with Crippen molar-refractivity contribution >= 4 is 33.5 Å². The van der Waals surface area contributed by atoms with E-state index in [0.29, 0.717) is 48.6 Å². The molecule has 1 aliphatic heterocycles. The van der Waals surface area contributed by atoms with Crippen molar-refractivity contribution in [3.8, 4) is 0 Å². The first-order valence-electron chi connectivity index (χ1n) is 8.35. The third-order valence-corrected chi connectivity index (χ3v) is 5.46. The van der Waals surface area contributed by atoms with Gasteiger partial charge in [-0.1, -0.05) is 23.5 Å². The van der Waals surface area contributed by atoms with E-state index in [9.17, 15) is 22.8 Å². The summed E-state index contributed by atoms with van der Waals surface area (Å²) >= 11 is 0.481. The van der Waals surface area contributed by atoms with E-state index in [-0.39, 0.29) is 17.6 Å². The number of halogens is 3. The van der Waals surface area contributed by atoms with Gasteiger partial charge in [0.05, 0.1) is 5.52 Å². The molecular formula is C16H14F3N5O3S. The lowest BCUT2D eigenvalue weighted by Gasteiger charge is -2.34. The molecule has 12 heteroatoms. The number of fused-ring (bicyclic) bond motifs is 1. The van der Waals surface area contributed by atoms with Crippen LogP contribution in [0.15, 0.2) is 33.5 Å². The van der Waals surface area contributed by atoms with Gasteiger partial charge in [0.15, 0.2) is 5.58 Å². The molecule has 8 nitrogen and oxygen atoms in total. The van der Waals surface area contributed by atoms with Crippen molar-refractivity contribution in [2.24, 2.45) is 0 Å². The lowest BCUT2D eigenvalue weighted by molar-refractivity contribution is -0.138. The predicted molar refractivity (Wildman–Crippen MR) is 94.2 cm³/mol. The first-order chi connectivity index (χ1) is 13.3. The number of rotatable bonds is 3. The van der Waals surface area contributed by atoms with Crippen molar-refractivity contribution in [1.29, 1.82) is 0 Å². The highest BCUT2D eigenvalue weighted by Gasteiger charge is 2.36. The first kappa shape index (κ1) is 18.5. The zero-order chi connectivity index (χ0) is 19.9. The van der Waals surface area contributed by atoms with Crippen LogP contribution in [0.3, 0.4) is 0 Å². The van der Waals surface area contributed by atoms with Crippen molar-refractivity contribution in [2.45, 2.75) is 12.7 Å². The van der Waals surface area contributed by atoms with Crippen LogP contribution in [0.2, 0.25) is 0 Å². The molecule has 1 aliphatic rings. The smallest absolute Gasteiger partial charge is 0.408 e. The van der Waals surface area contributed by atoms with Gasteiger partial charge < -0.3 is 14.2 Å². The molecule has 3 heterocycles. The zero-order valence-electron chi connectivity index (χ0n) is 14.3. The minimum atomic E-state index is -4.52. The number of amides is 1. The Bertz CT molecular complexity index is 1070. The third kappa shape index (κ3) is 3.46. The quantitative estimate of drug-likeness (QED) is 0.651. The Labute approximate surface area is 159 Å². The zero-order valence-corrected chi connectivity index (χ0v) is 15.2. The number of piperazine rings is 1. The van der Waals surface area contributed by atoms with Crippen LogP contribution in [0.25, 0.3) is 11.1 Å². The van der Waals surface area contributed by atoms with E-state index in [4.69, 9.17) is 4.42 Å². The molecule has 1 fully saturated rings. The average Bonchev–Trinajstić information content (AvgIpc) is 3.27. The van der Waals surface area contributed by atoms with Crippen molar-refractivity contribution in [1.82, 2.24) is 19.7 Å². The molecule has 0 saturated carbocycles. The summed E-state index contributed by atoms with van der Waals surface area (Å²) in [4.78, 5) is 27.8. The summed E-state index contributed by atoms with van der Waals surface area (Å²) in [6, 6.07) is 6.82. The fraction of sp³-hybridized carbons (Fsp3) is 0.375. The van der Waals surface area contributed by atoms with Crippen LogP contribution in [-0.2, 0) is 17.5 Å². The Hall–Kier alpha value is -2.89. The van der Waals surface area contributed by atoms with Crippen LogP contribution in [0, 0.1) is 0 Å². The number of carbonyl (C=O) groups is 1. The maximum atomic E-state index is 12.7. The van der Waals surface area contributed by atoms with E-state index in [0.717, 1.165) is 0 Å². The SMILES string of the molecule is O=C(Cn1c(=O)oc2ccccc21)N1CCN(c2nnc(C(F)(F)F)s2)CC1.